The Kier molecular flexibility index (Phi) is 7.47. The Bertz CT molecular complexity index is 1380. The van der Waals surface area contributed by atoms with Gasteiger partial charge in [0.1, 0.15) is 16.9 Å². The summed E-state index contributed by atoms with van der Waals surface area (Å²) in [6.45, 7) is 2.59. The number of anilines is 3. The first-order valence-corrected chi connectivity index (χ1v) is 12.6. The number of nitrogens with one attached hydrogen (secondary N) is 2. The second-order valence-electron chi connectivity index (χ2n) is 8.71. The molecule has 1 aliphatic rings. The summed E-state index contributed by atoms with van der Waals surface area (Å²) in [5.41, 5.74) is 2.99. The van der Waals surface area contributed by atoms with Gasteiger partial charge in [-0.15, -0.1) is 0 Å². The number of nitrogens with zero attached hydrogens (tertiary/aromatic N) is 5. The number of carbonyl (C=O) groups excluding carboxylic acids is 1. The number of aromatic nitrogens is 4. The largest absolute Gasteiger partial charge is 0.473 e. The number of carbonyl (C=O) groups is 1. The van der Waals surface area contributed by atoms with Gasteiger partial charge in [0.25, 0.3) is 12.3 Å². The first-order valence-electron chi connectivity index (χ1n) is 11.8. The van der Waals surface area contributed by atoms with Crippen LogP contribution in [0.4, 0.5) is 25.3 Å². The number of ether oxygens (including phenoxy) is 1. The third-order valence-corrected chi connectivity index (χ3v) is 6.77. The van der Waals surface area contributed by atoms with Crippen LogP contribution < -0.4 is 15.4 Å². The van der Waals surface area contributed by atoms with E-state index < -0.39 is 6.43 Å². The van der Waals surface area contributed by atoms with Crippen molar-refractivity contribution < 1.29 is 18.3 Å². The maximum Gasteiger partial charge on any atom is 0.260 e. The molecule has 1 aliphatic heterocycles. The molecule has 2 N–H and O–H groups in total. The van der Waals surface area contributed by atoms with E-state index >= 15 is 0 Å². The molecule has 1 unspecified atom stereocenters. The number of halogens is 2. The first-order chi connectivity index (χ1) is 17.9. The molecule has 37 heavy (non-hydrogen) atoms. The second kappa shape index (κ2) is 11.1. The lowest BCUT2D eigenvalue weighted by atomic mass is 10.1. The lowest BCUT2D eigenvalue weighted by molar-refractivity contribution is 0.0368. The number of likely N-dealkylation sites (tertiary alicyclic amines) is 1. The van der Waals surface area contributed by atoms with Gasteiger partial charge in [0, 0.05) is 12.6 Å². The van der Waals surface area contributed by atoms with E-state index in [0.717, 1.165) is 35.4 Å². The molecule has 5 rings (SSSR count). The number of alkyl halides is 2. The van der Waals surface area contributed by atoms with E-state index in [2.05, 4.69) is 30.0 Å². The zero-order valence-electron chi connectivity index (χ0n) is 20.0. The summed E-state index contributed by atoms with van der Waals surface area (Å²) < 4.78 is 35.6. The number of piperidine rings is 1. The van der Waals surface area contributed by atoms with Crippen LogP contribution in [0.2, 0.25) is 0 Å². The smallest absolute Gasteiger partial charge is 0.260 e. The molecule has 4 aromatic rings. The first kappa shape index (κ1) is 24.9. The molecular weight excluding hydrogens is 500 g/mol. The summed E-state index contributed by atoms with van der Waals surface area (Å²) in [5, 5.41) is 6.55. The van der Waals surface area contributed by atoms with E-state index in [4.69, 9.17) is 4.74 Å². The number of rotatable bonds is 8. The fourth-order valence-electron chi connectivity index (χ4n) is 4.21. The van der Waals surface area contributed by atoms with Crippen LogP contribution in [0.1, 0.15) is 28.9 Å². The van der Waals surface area contributed by atoms with Crippen molar-refractivity contribution in [2.24, 2.45) is 0 Å². The standard InChI is InChI=1S/C25H25F2N7O2S/c1-15-23(25(37-33-15)32-21-12-28-18-6-2-3-7-19(18)31-21)24(35)30-16-8-9-22(29-11-16)36-17-5-4-10-34(13-17)14-20(26)27/h2-3,6-9,11-12,17,20H,4-5,10,13-14H2,1H3,(H,30,35)(H,31,32). The van der Waals surface area contributed by atoms with E-state index in [9.17, 15) is 13.6 Å². The van der Waals surface area contributed by atoms with Crippen molar-refractivity contribution in [2.75, 3.05) is 30.3 Å². The van der Waals surface area contributed by atoms with Crippen molar-refractivity contribution >= 4 is 45.0 Å². The quantitative estimate of drug-likeness (QED) is 0.335. The van der Waals surface area contributed by atoms with Gasteiger partial charge >= 0.3 is 0 Å². The van der Waals surface area contributed by atoms with Crippen LogP contribution >= 0.6 is 11.5 Å². The minimum atomic E-state index is -2.36. The van der Waals surface area contributed by atoms with E-state index in [1.165, 1.54) is 6.20 Å². The van der Waals surface area contributed by atoms with Gasteiger partial charge < -0.3 is 15.4 Å². The summed E-state index contributed by atoms with van der Waals surface area (Å²) in [7, 11) is 0. The second-order valence-corrected chi connectivity index (χ2v) is 9.49. The van der Waals surface area contributed by atoms with Crippen LogP contribution in [0.5, 0.6) is 5.88 Å². The zero-order valence-corrected chi connectivity index (χ0v) is 20.8. The maximum absolute atomic E-state index is 13.1. The molecule has 4 heterocycles. The van der Waals surface area contributed by atoms with Crippen molar-refractivity contribution in [3.8, 4) is 5.88 Å². The predicted octanol–water partition coefficient (Wildman–Crippen LogP) is 4.89. The molecule has 0 saturated carbocycles. The van der Waals surface area contributed by atoms with E-state index in [1.807, 2.05) is 24.3 Å². The van der Waals surface area contributed by atoms with Gasteiger partial charge in [0.2, 0.25) is 5.88 Å². The number of benzene rings is 1. The molecule has 1 fully saturated rings. The van der Waals surface area contributed by atoms with Crippen molar-refractivity contribution in [3.63, 3.8) is 0 Å². The number of aryl methyl sites for hydroxylation is 1. The molecule has 0 bridgehead atoms. The summed E-state index contributed by atoms with van der Waals surface area (Å²) in [4.78, 5) is 28.0. The Balaban J connectivity index is 1.22. The van der Waals surface area contributed by atoms with Gasteiger partial charge in [0.15, 0.2) is 0 Å². The monoisotopic (exact) mass is 525 g/mol. The number of hydrogen-bond acceptors (Lipinski definition) is 9. The van der Waals surface area contributed by atoms with E-state index in [1.54, 1.807) is 30.2 Å². The van der Waals surface area contributed by atoms with E-state index in [0.29, 0.717) is 46.7 Å². The molecule has 9 nitrogen and oxygen atoms in total. The van der Waals surface area contributed by atoms with Crippen molar-refractivity contribution in [1.82, 2.24) is 24.2 Å². The van der Waals surface area contributed by atoms with Crippen LogP contribution in [-0.4, -0.2) is 62.3 Å². The molecule has 12 heteroatoms. The lowest BCUT2D eigenvalue weighted by Gasteiger charge is -2.32. The minimum Gasteiger partial charge on any atom is -0.473 e. The number of pyridine rings is 1. The van der Waals surface area contributed by atoms with Crippen LogP contribution in [0.15, 0.2) is 48.8 Å². The van der Waals surface area contributed by atoms with Gasteiger partial charge in [0.05, 0.1) is 46.9 Å². The molecule has 3 aromatic heterocycles. The highest BCUT2D eigenvalue weighted by atomic mass is 32.1. The zero-order chi connectivity index (χ0) is 25.8. The maximum atomic E-state index is 13.1. The molecule has 1 amide bonds. The Morgan fingerprint density at radius 2 is 2.03 bits per heavy atom. The SMILES string of the molecule is Cc1nsc(Nc2cnc3ccccc3n2)c1C(=O)Nc1ccc(OC2CCCN(CC(F)F)C2)nc1. The molecule has 1 saturated heterocycles. The Morgan fingerprint density at radius 1 is 1.19 bits per heavy atom. The lowest BCUT2D eigenvalue weighted by Crippen LogP contribution is -2.43. The summed E-state index contributed by atoms with van der Waals surface area (Å²) in [5.74, 6) is 0.551. The van der Waals surface area contributed by atoms with E-state index in [-0.39, 0.29) is 18.6 Å². The predicted molar refractivity (Wildman–Crippen MR) is 138 cm³/mol. The number of para-hydroxylation sites is 2. The summed E-state index contributed by atoms with van der Waals surface area (Å²) in [6.07, 6.45) is 2.12. The summed E-state index contributed by atoms with van der Waals surface area (Å²) >= 11 is 1.16. The van der Waals surface area contributed by atoms with Gasteiger partial charge in [-0.1, -0.05) is 12.1 Å². The van der Waals surface area contributed by atoms with Gasteiger partial charge in [-0.2, -0.15) is 4.37 Å². The Hall–Kier alpha value is -3.77. The van der Waals surface area contributed by atoms with Crippen molar-refractivity contribution in [2.45, 2.75) is 32.3 Å². The van der Waals surface area contributed by atoms with Crippen molar-refractivity contribution in [3.05, 3.63) is 60.0 Å². The van der Waals surface area contributed by atoms with Crippen LogP contribution in [-0.2, 0) is 0 Å². The van der Waals surface area contributed by atoms with Crippen LogP contribution in [0.3, 0.4) is 0 Å². The number of hydrogen-bond donors (Lipinski definition) is 2. The average Bonchev–Trinajstić information content (AvgIpc) is 3.24. The van der Waals surface area contributed by atoms with Gasteiger partial charge in [-0.3, -0.25) is 14.7 Å². The third kappa shape index (κ3) is 6.15. The molecule has 0 aliphatic carbocycles. The van der Waals surface area contributed by atoms with Crippen molar-refractivity contribution in [1.29, 1.82) is 0 Å². The average molecular weight is 526 g/mol. The Labute approximate surface area is 216 Å². The molecular formula is C25H25F2N7O2S. The van der Waals surface area contributed by atoms with Crippen LogP contribution in [0.25, 0.3) is 11.0 Å². The molecule has 1 aromatic carbocycles. The minimum absolute atomic E-state index is 0.202. The highest BCUT2D eigenvalue weighted by molar-refractivity contribution is 7.10. The number of fused-ring (bicyclic) bond motifs is 1. The van der Waals surface area contributed by atoms with Crippen LogP contribution in [0, 0.1) is 6.92 Å². The summed E-state index contributed by atoms with van der Waals surface area (Å²) in [6, 6.07) is 10.9. The third-order valence-electron chi connectivity index (χ3n) is 5.92. The highest BCUT2D eigenvalue weighted by Crippen LogP contribution is 2.29. The normalized spacial score (nSPS) is 16.2. The number of amides is 1. The highest BCUT2D eigenvalue weighted by Gasteiger charge is 2.24. The molecule has 192 valence electrons. The molecule has 1 atom stereocenters. The fourth-order valence-corrected chi connectivity index (χ4v) is 5.02. The Morgan fingerprint density at radius 3 is 2.81 bits per heavy atom. The fraction of sp³-hybridized carbons (Fsp3) is 0.320. The van der Waals surface area contributed by atoms with Gasteiger partial charge in [-0.05, 0) is 56.0 Å². The molecule has 0 radical (unpaired) electrons. The molecule has 0 spiro atoms. The topological polar surface area (TPSA) is 105 Å². The van der Waals surface area contributed by atoms with Gasteiger partial charge in [-0.25, -0.2) is 18.7 Å².